The van der Waals surface area contributed by atoms with Gasteiger partial charge < -0.3 is 4.98 Å². The fraction of sp³-hybridized carbons (Fsp3) is 0.300. The number of sulfonamides is 1. The van der Waals surface area contributed by atoms with E-state index in [0.29, 0.717) is 12.5 Å². The Morgan fingerprint density at radius 2 is 2.00 bits per heavy atom. The highest BCUT2D eigenvalue weighted by atomic mass is 32.2. The van der Waals surface area contributed by atoms with E-state index in [2.05, 4.69) is 15.3 Å². The summed E-state index contributed by atoms with van der Waals surface area (Å²) < 4.78 is 27.6. The van der Waals surface area contributed by atoms with Crippen molar-refractivity contribution in [2.24, 2.45) is 0 Å². The van der Waals surface area contributed by atoms with E-state index in [1.54, 1.807) is 12.1 Å². The van der Waals surface area contributed by atoms with Gasteiger partial charge in [-0.15, -0.1) is 0 Å². The Morgan fingerprint density at radius 1 is 1.18 bits per heavy atom. The van der Waals surface area contributed by atoms with Crippen LogP contribution in [-0.2, 0) is 10.0 Å². The summed E-state index contributed by atoms with van der Waals surface area (Å²) in [4.78, 5) is 20.1. The number of rotatable bonds is 4. The molecule has 4 rings (SSSR count). The number of nitrogens with zero attached hydrogens (tertiary/aromatic N) is 2. The van der Waals surface area contributed by atoms with Gasteiger partial charge in [-0.1, -0.05) is 24.6 Å². The number of hydrogen-bond acceptors (Lipinski definition) is 4. The molecule has 146 valence electrons. The SMILES string of the molecule is CC1CCCCN1S(=O)(=O)c1cccc(C(=O)Nc2nc3ccccc3[nH]2)c1. The molecule has 1 unspecified atom stereocenters. The lowest BCUT2D eigenvalue weighted by Gasteiger charge is -2.32. The van der Waals surface area contributed by atoms with E-state index in [9.17, 15) is 13.2 Å². The molecule has 1 atom stereocenters. The van der Waals surface area contributed by atoms with Gasteiger partial charge in [-0.25, -0.2) is 13.4 Å². The number of amides is 1. The molecule has 2 heterocycles. The third-order valence-electron chi connectivity index (χ3n) is 5.07. The van der Waals surface area contributed by atoms with E-state index in [4.69, 9.17) is 0 Å². The van der Waals surface area contributed by atoms with Crippen LogP contribution in [0.5, 0.6) is 0 Å². The molecule has 28 heavy (non-hydrogen) atoms. The minimum atomic E-state index is -3.63. The summed E-state index contributed by atoms with van der Waals surface area (Å²) in [5.41, 5.74) is 1.83. The quantitative estimate of drug-likeness (QED) is 0.704. The zero-order valence-corrected chi connectivity index (χ0v) is 16.4. The summed E-state index contributed by atoms with van der Waals surface area (Å²) in [5.74, 6) is -0.0908. The zero-order chi connectivity index (χ0) is 19.7. The first-order valence-corrected chi connectivity index (χ1v) is 10.8. The first-order valence-electron chi connectivity index (χ1n) is 9.33. The maximum absolute atomic E-state index is 13.0. The minimum absolute atomic E-state index is 0.0354. The van der Waals surface area contributed by atoms with Crippen molar-refractivity contribution in [1.82, 2.24) is 14.3 Å². The van der Waals surface area contributed by atoms with Crippen LogP contribution in [-0.4, -0.2) is 41.2 Å². The lowest BCUT2D eigenvalue weighted by atomic mass is 10.1. The Balaban J connectivity index is 1.58. The first-order chi connectivity index (χ1) is 13.4. The van der Waals surface area contributed by atoms with Crippen LogP contribution in [0.1, 0.15) is 36.5 Å². The highest BCUT2D eigenvalue weighted by Crippen LogP contribution is 2.25. The second kappa shape index (κ2) is 7.37. The Bertz CT molecular complexity index is 1090. The Kier molecular flexibility index (Phi) is 4.91. The van der Waals surface area contributed by atoms with Gasteiger partial charge in [0.25, 0.3) is 5.91 Å². The standard InChI is InChI=1S/C20H22N4O3S/c1-14-7-4-5-12-24(14)28(26,27)16-9-6-8-15(13-16)19(25)23-20-21-17-10-2-3-11-18(17)22-20/h2-3,6,8-11,13-14H,4-5,7,12H2,1H3,(H2,21,22,23,25). The number of H-pyrrole nitrogens is 1. The van der Waals surface area contributed by atoms with E-state index >= 15 is 0 Å². The third kappa shape index (κ3) is 3.53. The number of imidazole rings is 1. The van der Waals surface area contributed by atoms with Crippen molar-refractivity contribution in [3.8, 4) is 0 Å². The second-order valence-corrected chi connectivity index (χ2v) is 8.94. The van der Waals surface area contributed by atoms with Gasteiger partial charge in [-0.05, 0) is 50.1 Å². The molecule has 3 aromatic rings. The number of para-hydroxylation sites is 2. The number of hydrogen-bond donors (Lipinski definition) is 2. The molecule has 2 N–H and O–H groups in total. The molecule has 1 aliphatic rings. The number of fused-ring (bicyclic) bond motifs is 1. The van der Waals surface area contributed by atoms with E-state index in [-0.39, 0.29) is 16.5 Å². The van der Waals surface area contributed by atoms with Gasteiger partial charge in [-0.3, -0.25) is 10.1 Å². The maximum atomic E-state index is 13.0. The molecule has 1 fully saturated rings. The Morgan fingerprint density at radius 3 is 2.79 bits per heavy atom. The summed E-state index contributed by atoms with van der Waals surface area (Å²) in [5, 5.41) is 2.70. The van der Waals surface area contributed by atoms with Crippen LogP contribution in [0.4, 0.5) is 5.95 Å². The van der Waals surface area contributed by atoms with E-state index in [1.807, 2.05) is 31.2 Å². The largest absolute Gasteiger partial charge is 0.324 e. The van der Waals surface area contributed by atoms with E-state index < -0.39 is 15.9 Å². The Labute approximate surface area is 163 Å². The summed E-state index contributed by atoms with van der Waals surface area (Å²) in [7, 11) is -3.63. The third-order valence-corrected chi connectivity index (χ3v) is 7.08. The van der Waals surface area contributed by atoms with Crippen molar-refractivity contribution in [1.29, 1.82) is 0 Å². The van der Waals surface area contributed by atoms with E-state index in [0.717, 1.165) is 30.3 Å². The predicted octanol–water partition coefficient (Wildman–Crippen LogP) is 3.38. The molecule has 0 aliphatic carbocycles. The van der Waals surface area contributed by atoms with Crippen LogP contribution >= 0.6 is 0 Å². The van der Waals surface area contributed by atoms with Gasteiger partial charge >= 0.3 is 0 Å². The lowest BCUT2D eigenvalue weighted by Crippen LogP contribution is -2.41. The van der Waals surface area contributed by atoms with Gasteiger partial charge in [-0.2, -0.15) is 4.31 Å². The average Bonchev–Trinajstić information content (AvgIpc) is 3.10. The second-order valence-electron chi connectivity index (χ2n) is 7.05. The molecule has 1 saturated heterocycles. The predicted molar refractivity (Wildman–Crippen MR) is 108 cm³/mol. The normalized spacial score (nSPS) is 18.2. The molecule has 8 heteroatoms. The molecule has 1 aliphatic heterocycles. The topological polar surface area (TPSA) is 95.2 Å². The van der Waals surface area contributed by atoms with Crippen molar-refractivity contribution >= 4 is 32.9 Å². The van der Waals surface area contributed by atoms with Crippen LogP contribution in [0.3, 0.4) is 0 Å². The molecule has 0 saturated carbocycles. The van der Waals surface area contributed by atoms with Crippen LogP contribution < -0.4 is 5.32 Å². The number of aromatic amines is 1. The number of carbonyl (C=O) groups excluding carboxylic acids is 1. The smallest absolute Gasteiger partial charge is 0.258 e. The Hall–Kier alpha value is -2.71. The van der Waals surface area contributed by atoms with Gasteiger partial charge in [0.1, 0.15) is 0 Å². The van der Waals surface area contributed by atoms with Crippen molar-refractivity contribution in [2.45, 2.75) is 37.1 Å². The van der Waals surface area contributed by atoms with Crippen LogP contribution in [0, 0.1) is 0 Å². The minimum Gasteiger partial charge on any atom is -0.324 e. The highest BCUT2D eigenvalue weighted by molar-refractivity contribution is 7.89. The first kappa shape index (κ1) is 18.6. The van der Waals surface area contributed by atoms with Crippen LogP contribution in [0.15, 0.2) is 53.4 Å². The van der Waals surface area contributed by atoms with Crippen molar-refractivity contribution < 1.29 is 13.2 Å². The number of benzene rings is 2. The molecule has 0 spiro atoms. The molecule has 1 aromatic heterocycles. The van der Waals surface area contributed by atoms with Gasteiger partial charge in [0, 0.05) is 18.2 Å². The molecule has 0 radical (unpaired) electrons. The monoisotopic (exact) mass is 398 g/mol. The van der Waals surface area contributed by atoms with Gasteiger partial charge in [0.05, 0.1) is 15.9 Å². The molecule has 2 aromatic carbocycles. The molecule has 0 bridgehead atoms. The van der Waals surface area contributed by atoms with Crippen LogP contribution in [0.2, 0.25) is 0 Å². The molecular weight excluding hydrogens is 376 g/mol. The maximum Gasteiger partial charge on any atom is 0.258 e. The van der Waals surface area contributed by atoms with Crippen LogP contribution in [0.25, 0.3) is 11.0 Å². The molecular formula is C20H22N4O3S. The highest BCUT2D eigenvalue weighted by Gasteiger charge is 2.31. The van der Waals surface area contributed by atoms with Gasteiger partial charge in [0.15, 0.2) is 0 Å². The van der Waals surface area contributed by atoms with E-state index in [1.165, 1.54) is 16.4 Å². The number of aromatic nitrogens is 2. The number of nitrogens with one attached hydrogen (secondary N) is 2. The van der Waals surface area contributed by atoms with Crippen molar-refractivity contribution in [3.63, 3.8) is 0 Å². The summed E-state index contributed by atoms with van der Waals surface area (Å²) >= 11 is 0. The molecule has 1 amide bonds. The summed E-state index contributed by atoms with van der Waals surface area (Å²) in [6.45, 7) is 2.44. The number of carbonyl (C=O) groups is 1. The van der Waals surface area contributed by atoms with Crippen molar-refractivity contribution in [2.75, 3.05) is 11.9 Å². The summed E-state index contributed by atoms with van der Waals surface area (Å²) in [6.07, 6.45) is 2.74. The van der Waals surface area contributed by atoms with Crippen molar-refractivity contribution in [3.05, 3.63) is 54.1 Å². The van der Waals surface area contributed by atoms with Gasteiger partial charge in [0.2, 0.25) is 16.0 Å². The fourth-order valence-electron chi connectivity index (χ4n) is 3.55. The zero-order valence-electron chi connectivity index (χ0n) is 15.6. The summed E-state index contributed by atoms with van der Waals surface area (Å²) in [6, 6.07) is 13.6. The molecule has 7 nitrogen and oxygen atoms in total. The lowest BCUT2D eigenvalue weighted by molar-refractivity contribution is 0.102. The number of piperidine rings is 1. The number of anilines is 1. The fourth-order valence-corrected chi connectivity index (χ4v) is 5.30. The average molecular weight is 398 g/mol.